The van der Waals surface area contributed by atoms with Crippen molar-refractivity contribution in [2.45, 2.75) is 79.3 Å². The number of piperazine rings is 1. The van der Waals surface area contributed by atoms with Crippen molar-refractivity contribution >= 4 is 22.7 Å². The van der Waals surface area contributed by atoms with Crippen LogP contribution in [-0.4, -0.2) is 106 Å². The number of carbonyl (C=O) groups is 2. The molecule has 2 amide bonds. The predicted molar refractivity (Wildman–Crippen MR) is 183 cm³/mol. The molecule has 9 heteroatoms. The fourth-order valence-corrected chi connectivity index (χ4v) is 7.50. The van der Waals surface area contributed by atoms with Gasteiger partial charge in [-0.25, -0.2) is 4.39 Å². The van der Waals surface area contributed by atoms with E-state index in [9.17, 15) is 14.0 Å². The van der Waals surface area contributed by atoms with Gasteiger partial charge in [-0.2, -0.15) is 0 Å². The number of likely N-dealkylation sites (tertiary alicyclic amines) is 1. The lowest BCUT2D eigenvalue weighted by Crippen LogP contribution is -2.48. The van der Waals surface area contributed by atoms with Crippen molar-refractivity contribution in [2.24, 2.45) is 11.8 Å². The van der Waals surface area contributed by atoms with E-state index in [4.69, 9.17) is 0 Å². The number of hydrogen-bond acceptors (Lipinski definition) is 5. The summed E-state index contributed by atoms with van der Waals surface area (Å²) in [4.78, 5) is 38.5. The van der Waals surface area contributed by atoms with E-state index >= 15 is 0 Å². The minimum Gasteiger partial charge on any atom is -0.340 e. The Bertz CT molecular complexity index is 1530. The van der Waals surface area contributed by atoms with Gasteiger partial charge >= 0.3 is 0 Å². The number of pyridine rings is 1. The Balaban J connectivity index is 1.30. The molecule has 0 saturated carbocycles. The third-order valence-corrected chi connectivity index (χ3v) is 10.4. The van der Waals surface area contributed by atoms with E-state index < -0.39 is 5.82 Å². The number of amides is 2. The minimum absolute atomic E-state index is 0.00653. The SMILES string of the molecule is CC(=O)N1CCN(CCCC(C(C)C)N2CC[C@@H](Cc3cn(-c4ccc(F)cc4C(=O)N(C)C(C)C)c4cncc(C)c34)C2)CC1. The zero-order valence-corrected chi connectivity index (χ0v) is 28.9. The molecule has 8 nitrogen and oxygen atoms in total. The summed E-state index contributed by atoms with van der Waals surface area (Å²) in [6.07, 6.45) is 10.4. The highest BCUT2D eigenvalue weighted by atomic mass is 19.1. The van der Waals surface area contributed by atoms with Crippen molar-refractivity contribution in [2.75, 3.05) is 52.9 Å². The highest BCUT2D eigenvalue weighted by Crippen LogP contribution is 2.34. The van der Waals surface area contributed by atoms with Crippen LogP contribution in [0.5, 0.6) is 0 Å². The zero-order valence-electron chi connectivity index (χ0n) is 28.9. The second-order valence-corrected chi connectivity index (χ2v) is 14.2. The second kappa shape index (κ2) is 14.6. The van der Waals surface area contributed by atoms with Crippen LogP contribution in [-0.2, 0) is 11.2 Å². The van der Waals surface area contributed by atoms with Crippen LogP contribution < -0.4 is 0 Å². The summed E-state index contributed by atoms with van der Waals surface area (Å²) in [6.45, 7) is 19.3. The Morgan fingerprint density at radius 1 is 1.07 bits per heavy atom. The van der Waals surface area contributed by atoms with E-state index in [1.165, 1.54) is 35.9 Å². The number of rotatable bonds is 11. The summed E-state index contributed by atoms with van der Waals surface area (Å²) in [5, 5.41) is 1.18. The first-order chi connectivity index (χ1) is 21.9. The maximum atomic E-state index is 14.5. The Hall–Kier alpha value is -3.30. The molecule has 2 aromatic heterocycles. The van der Waals surface area contributed by atoms with Crippen LogP contribution in [0.25, 0.3) is 16.6 Å². The van der Waals surface area contributed by atoms with Gasteiger partial charge in [-0.1, -0.05) is 13.8 Å². The standard InChI is InChI=1S/C37H53FN6O2/c1-25(2)33(9-8-13-41-15-17-42(18-16-41)28(6)45)43-14-12-29(23-43)19-30-24-44(35-22-39-21-27(5)36(30)35)34-11-10-31(38)20-32(34)37(46)40(7)26(3)4/h10-11,20-22,24-26,29,33H,8-9,12-19,23H2,1-7H3/t29-,33?/m0/s1. The quantitative estimate of drug-likeness (QED) is 0.268. The van der Waals surface area contributed by atoms with E-state index in [1.807, 2.05) is 35.7 Å². The lowest BCUT2D eigenvalue weighted by Gasteiger charge is -2.35. The summed E-state index contributed by atoms with van der Waals surface area (Å²) in [6, 6.07) is 5.06. The summed E-state index contributed by atoms with van der Waals surface area (Å²) in [5.74, 6) is 0.690. The first kappa shape index (κ1) is 34.0. The van der Waals surface area contributed by atoms with Gasteiger partial charge in [0.1, 0.15) is 5.82 Å². The molecule has 1 aromatic carbocycles. The molecule has 0 spiro atoms. The van der Waals surface area contributed by atoms with Crippen molar-refractivity contribution in [3.05, 3.63) is 59.3 Å². The minimum atomic E-state index is -0.420. The Morgan fingerprint density at radius 2 is 1.80 bits per heavy atom. The third kappa shape index (κ3) is 7.46. The number of halogens is 1. The Kier molecular flexibility index (Phi) is 10.8. The number of benzene rings is 1. The molecule has 2 aliphatic heterocycles. The van der Waals surface area contributed by atoms with Crippen molar-refractivity contribution in [1.29, 1.82) is 0 Å². The molecule has 0 N–H and O–H groups in total. The van der Waals surface area contributed by atoms with Crippen LogP contribution in [0.4, 0.5) is 4.39 Å². The molecule has 3 aromatic rings. The molecule has 46 heavy (non-hydrogen) atoms. The average molecular weight is 633 g/mol. The van der Waals surface area contributed by atoms with E-state index in [1.54, 1.807) is 24.9 Å². The van der Waals surface area contributed by atoms with Crippen LogP contribution in [0.3, 0.4) is 0 Å². The lowest BCUT2D eigenvalue weighted by atomic mass is 9.96. The molecular weight excluding hydrogens is 579 g/mol. The van der Waals surface area contributed by atoms with Crippen LogP contribution in [0.2, 0.25) is 0 Å². The summed E-state index contributed by atoms with van der Waals surface area (Å²) < 4.78 is 16.5. The van der Waals surface area contributed by atoms with Crippen molar-refractivity contribution in [3.8, 4) is 5.69 Å². The molecular formula is C37H53FN6O2. The van der Waals surface area contributed by atoms with Gasteiger partial charge in [0.25, 0.3) is 5.91 Å². The number of fused-ring (bicyclic) bond motifs is 1. The molecule has 0 bridgehead atoms. The van der Waals surface area contributed by atoms with E-state index in [0.29, 0.717) is 29.1 Å². The van der Waals surface area contributed by atoms with Gasteiger partial charge < -0.3 is 14.4 Å². The molecule has 2 atom stereocenters. The number of aryl methyl sites for hydroxylation is 1. The number of aromatic nitrogens is 2. The van der Waals surface area contributed by atoms with Crippen LogP contribution in [0.15, 0.2) is 36.8 Å². The molecule has 0 aliphatic carbocycles. The third-order valence-electron chi connectivity index (χ3n) is 10.4. The van der Waals surface area contributed by atoms with Crippen molar-refractivity contribution in [1.82, 2.24) is 29.2 Å². The van der Waals surface area contributed by atoms with Gasteiger partial charge in [0.05, 0.1) is 23.0 Å². The first-order valence-corrected chi connectivity index (χ1v) is 17.2. The molecule has 1 unspecified atom stereocenters. The zero-order chi connectivity index (χ0) is 33.1. The summed E-state index contributed by atoms with van der Waals surface area (Å²) >= 11 is 0. The largest absolute Gasteiger partial charge is 0.340 e. The van der Waals surface area contributed by atoms with Gasteiger partial charge in [0.15, 0.2) is 0 Å². The molecule has 2 fully saturated rings. The monoisotopic (exact) mass is 632 g/mol. The van der Waals surface area contributed by atoms with Gasteiger partial charge in [-0.3, -0.25) is 24.4 Å². The molecule has 2 aliphatic rings. The van der Waals surface area contributed by atoms with Crippen LogP contribution >= 0.6 is 0 Å². The highest BCUT2D eigenvalue weighted by molar-refractivity contribution is 5.99. The lowest BCUT2D eigenvalue weighted by molar-refractivity contribution is -0.130. The normalized spacial score (nSPS) is 18.7. The predicted octanol–water partition coefficient (Wildman–Crippen LogP) is 5.79. The topological polar surface area (TPSA) is 64.9 Å². The number of hydrogen-bond donors (Lipinski definition) is 0. The van der Waals surface area contributed by atoms with Gasteiger partial charge in [0.2, 0.25) is 5.91 Å². The van der Waals surface area contributed by atoms with E-state index in [-0.39, 0.29) is 17.9 Å². The highest BCUT2D eigenvalue weighted by Gasteiger charge is 2.31. The summed E-state index contributed by atoms with van der Waals surface area (Å²) in [5.41, 5.74) is 4.35. The fourth-order valence-electron chi connectivity index (χ4n) is 7.50. The van der Waals surface area contributed by atoms with Crippen molar-refractivity contribution < 1.29 is 14.0 Å². The van der Waals surface area contributed by atoms with Gasteiger partial charge in [0, 0.05) is 76.6 Å². The molecule has 5 rings (SSSR count). The van der Waals surface area contributed by atoms with Crippen LogP contribution in [0, 0.1) is 24.6 Å². The average Bonchev–Trinajstić information content (AvgIpc) is 3.64. The van der Waals surface area contributed by atoms with Gasteiger partial charge in [-0.15, -0.1) is 0 Å². The van der Waals surface area contributed by atoms with Gasteiger partial charge in [-0.05, 0) is 101 Å². The fraction of sp³-hybridized carbons (Fsp3) is 0.595. The number of nitrogens with zero attached hydrogens (tertiary/aromatic N) is 6. The van der Waals surface area contributed by atoms with Crippen molar-refractivity contribution in [3.63, 3.8) is 0 Å². The molecule has 250 valence electrons. The summed E-state index contributed by atoms with van der Waals surface area (Å²) in [7, 11) is 1.76. The Labute approximate surface area is 274 Å². The smallest absolute Gasteiger partial charge is 0.256 e. The maximum Gasteiger partial charge on any atom is 0.256 e. The number of carbonyl (C=O) groups excluding carboxylic acids is 2. The molecule has 2 saturated heterocycles. The molecule has 0 radical (unpaired) electrons. The van der Waals surface area contributed by atoms with E-state index in [0.717, 1.165) is 69.7 Å². The van der Waals surface area contributed by atoms with E-state index in [2.05, 4.69) is 41.8 Å². The second-order valence-electron chi connectivity index (χ2n) is 14.2. The molecule has 4 heterocycles. The Morgan fingerprint density at radius 3 is 2.48 bits per heavy atom. The van der Waals surface area contributed by atoms with Crippen LogP contribution in [0.1, 0.15) is 75.4 Å². The first-order valence-electron chi connectivity index (χ1n) is 17.2. The maximum absolute atomic E-state index is 14.5.